The van der Waals surface area contributed by atoms with Crippen LogP contribution >= 0.6 is 22.7 Å². The fourth-order valence-corrected chi connectivity index (χ4v) is 15.7. The average Bonchev–Trinajstić information content (AvgIpc) is 4.26. The molecule has 0 N–H and O–H groups in total. The van der Waals surface area contributed by atoms with Gasteiger partial charge in [-0.05, 0) is 125 Å². The third-order valence-electron chi connectivity index (χ3n) is 16.4. The van der Waals surface area contributed by atoms with Gasteiger partial charge in [0.2, 0.25) is 0 Å². The highest BCUT2D eigenvalue weighted by Crippen LogP contribution is 2.49. The number of fused-ring (bicyclic) bond motifs is 11. The summed E-state index contributed by atoms with van der Waals surface area (Å²) in [5.74, 6) is 0.201. The summed E-state index contributed by atoms with van der Waals surface area (Å²) in [4.78, 5) is 0. The molecular weight excluding hydrogens is 967 g/mol. The van der Waals surface area contributed by atoms with E-state index in [2.05, 4.69) is 272 Å². The van der Waals surface area contributed by atoms with Gasteiger partial charge in [-0.1, -0.05) is 237 Å². The van der Waals surface area contributed by atoms with E-state index in [4.69, 9.17) is 0 Å². The van der Waals surface area contributed by atoms with Crippen molar-refractivity contribution in [2.75, 3.05) is 0 Å². The molecule has 15 aromatic rings. The highest BCUT2D eigenvalue weighted by atomic mass is 32.1. The number of allylic oxidation sites excluding steroid dienone is 1. The van der Waals surface area contributed by atoms with Gasteiger partial charge in [0.25, 0.3) is 0 Å². The zero-order valence-corrected chi connectivity index (χ0v) is 43.6. The van der Waals surface area contributed by atoms with E-state index in [0.29, 0.717) is 0 Å². The lowest BCUT2D eigenvalue weighted by molar-refractivity contribution is 0.833. The predicted octanol–water partition coefficient (Wildman–Crippen LogP) is 21.4. The summed E-state index contributed by atoms with van der Waals surface area (Å²) < 4.78 is 7.92. The van der Waals surface area contributed by atoms with Crippen molar-refractivity contribution >= 4 is 102 Å². The molecular formula is C74H47NS2. The Morgan fingerprint density at radius 1 is 0.325 bits per heavy atom. The van der Waals surface area contributed by atoms with Crippen molar-refractivity contribution in [3.8, 4) is 61.3 Å². The normalized spacial score (nSPS) is 13.5. The van der Waals surface area contributed by atoms with Gasteiger partial charge in [-0.15, -0.1) is 22.7 Å². The van der Waals surface area contributed by atoms with E-state index in [-0.39, 0.29) is 5.92 Å². The minimum atomic E-state index is 0.201. The summed E-state index contributed by atoms with van der Waals surface area (Å²) in [6.45, 7) is 0. The Labute approximate surface area is 454 Å². The molecule has 0 aliphatic heterocycles. The number of thiophene rings is 2. The monoisotopic (exact) mass is 1010 g/mol. The lowest BCUT2D eigenvalue weighted by atomic mass is 9.85. The molecule has 1 unspecified atom stereocenters. The molecule has 0 saturated heterocycles. The number of nitrogens with zero attached hydrogens (tertiary/aromatic N) is 1. The Bertz CT molecular complexity index is 4810. The first-order valence-corrected chi connectivity index (χ1v) is 28.3. The van der Waals surface area contributed by atoms with E-state index in [0.717, 1.165) is 12.1 Å². The van der Waals surface area contributed by atoms with Gasteiger partial charge in [0, 0.05) is 63.0 Å². The van der Waals surface area contributed by atoms with Gasteiger partial charge in [-0.3, -0.25) is 0 Å². The molecule has 1 nitrogen and oxygen atoms in total. The van der Waals surface area contributed by atoms with Crippen molar-refractivity contribution in [3.05, 3.63) is 278 Å². The number of aromatic nitrogens is 1. The molecule has 0 saturated carbocycles. The number of rotatable bonds is 7. The van der Waals surface area contributed by atoms with Gasteiger partial charge >= 0.3 is 0 Å². The third kappa shape index (κ3) is 6.98. The van der Waals surface area contributed by atoms with Crippen molar-refractivity contribution in [2.24, 2.45) is 0 Å². The molecule has 1 atom stereocenters. The van der Waals surface area contributed by atoms with E-state index < -0.39 is 0 Å². The number of benzene rings is 12. The van der Waals surface area contributed by atoms with E-state index in [1.807, 2.05) is 22.7 Å². The van der Waals surface area contributed by atoms with Crippen molar-refractivity contribution in [1.29, 1.82) is 0 Å². The second-order valence-electron chi connectivity index (χ2n) is 20.6. The van der Waals surface area contributed by atoms with Crippen molar-refractivity contribution < 1.29 is 0 Å². The van der Waals surface area contributed by atoms with Crippen LogP contribution in [0.5, 0.6) is 0 Å². The topological polar surface area (TPSA) is 4.93 Å². The molecule has 0 fully saturated rings. The van der Waals surface area contributed by atoms with Gasteiger partial charge < -0.3 is 4.57 Å². The summed E-state index contributed by atoms with van der Waals surface area (Å²) in [6, 6.07) is 94.6. The highest BCUT2D eigenvalue weighted by Gasteiger charge is 2.27. The lowest BCUT2D eigenvalue weighted by Crippen LogP contribution is -2.07. The standard InChI is InChI=1S/C74H47NS2/c1-4-18-46(19-5-1)53-28-14-32-61-63-34-16-30-55(73(63)76-71(53)61)50-38-42-67-65(44-50)66-45-51(56-31-17-35-64-62-33-15-29-54(72(62)77-74(56)64)47-20-6-2-7-21-47)39-43-68(66)75(67)52-40-36-49(37-41-52)70-59-26-12-10-24-57(59)69(48-22-8-3-9-23-48)58-25-11-13-27-60(58)70/h1-44,51H,45H2. The van der Waals surface area contributed by atoms with Crippen molar-refractivity contribution in [1.82, 2.24) is 4.57 Å². The van der Waals surface area contributed by atoms with Crippen LogP contribution in [-0.2, 0) is 6.42 Å². The van der Waals surface area contributed by atoms with E-state index in [1.54, 1.807) is 0 Å². The van der Waals surface area contributed by atoms with Crippen LogP contribution in [0.4, 0.5) is 0 Å². The molecule has 3 aromatic heterocycles. The Morgan fingerprint density at radius 3 is 1.27 bits per heavy atom. The van der Waals surface area contributed by atoms with E-state index in [1.165, 1.54) is 145 Å². The fourth-order valence-electron chi connectivity index (χ4n) is 12.9. The van der Waals surface area contributed by atoms with Crippen molar-refractivity contribution in [2.45, 2.75) is 12.3 Å². The van der Waals surface area contributed by atoms with Gasteiger partial charge in [0.05, 0.1) is 5.52 Å². The van der Waals surface area contributed by atoms with Crippen LogP contribution in [0, 0.1) is 0 Å². The zero-order chi connectivity index (χ0) is 50.6. The minimum Gasteiger partial charge on any atom is -0.310 e. The molecule has 3 heterocycles. The second kappa shape index (κ2) is 17.7. The van der Waals surface area contributed by atoms with E-state index >= 15 is 0 Å². The Hall–Kier alpha value is -9.12. The molecule has 0 spiro atoms. The molecule has 0 radical (unpaired) electrons. The summed E-state index contributed by atoms with van der Waals surface area (Å²) >= 11 is 3.88. The van der Waals surface area contributed by atoms with Crippen LogP contribution in [0.1, 0.15) is 22.7 Å². The predicted molar refractivity (Wildman–Crippen MR) is 333 cm³/mol. The molecule has 360 valence electrons. The van der Waals surface area contributed by atoms with Crippen LogP contribution in [0.15, 0.2) is 261 Å². The summed E-state index contributed by atoms with van der Waals surface area (Å²) in [5, 5.41) is 11.7. The van der Waals surface area contributed by atoms with Crippen molar-refractivity contribution in [3.63, 3.8) is 0 Å². The zero-order valence-electron chi connectivity index (χ0n) is 42.0. The fraction of sp³-hybridized carbons (Fsp3) is 0.0270. The van der Waals surface area contributed by atoms with Crippen LogP contribution < -0.4 is 0 Å². The average molecular weight is 1010 g/mol. The van der Waals surface area contributed by atoms with Crippen LogP contribution in [0.2, 0.25) is 0 Å². The van der Waals surface area contributed by atoms with Crippen LogP contribution in [-0.4, -0.2) is 4.57 Å². The molecule has 77 heavy (non-hydrogen) atoms. The smallest absolute Gasteiger partial charge is 0.0538 e. The molecule has 0 bridgehead atoms. The van der Waals surface area contributed by atoms with Crippen LogP contribution in [0.3, 0.4) is 0 Å². The molecule has 16 rings (SSSR count). The number of hydrogen-bond acceptors (Lipinski definition) is 2. The first-order valence-electron chi connectivity index (χ1n) is 26.7. The molecule has 0 amide bonds. The van der Waals surface area contributed by atoms with Gasteiger partial charge in [0.1, 0.15) is 0 Å². The first kappa shape index (κ1) is 44.2. The quantitative estimate of drug-likeness (QED) is 0.140. The van der Waals surface area contributed by atoms with Gasteiger partial charge in [0.15, 0.2) is 0 Å². The second-order valence-corrected chi connectivity index (χ2v) is 22.6. The molecule has 3 heteroatoms. The third-order valence-corrected chi connectivity index (χ3v) is 19.0. The van der Waals surface area contributed by atoms with Gasteiger partial charge in [-0.25, -0.2) is 0 Å². The molecule has 12 aromatic carbocycles. The summed E-state index contributed by atoms with van der Waals surface area (Å²) in [7, 11) is 0. The van der Waals surface area contributed by atoms with Gasteiger partial charge in [-0.2, -0.15) is 0 Å². The maximum atomic E-state index is 2.53. The van der Waals surface area contributed by atoms with Crippen LogP contribution in [0.25, 0.3) is 140 Å². The largest absolute Gasteiger partial charge is 0.310 e. The minimum absolute atomic E-state index is 0.201. The van der Waals surface area contributed by atoms with E-state index in [9.17, 15) is 0 Å². The Balaban J connectivity index is 0.869. The maximum absolute atomic E-state index is 2.53. The maximum Gasteiger partial charge on any atom is 0.0538 e. The Morgan fingerprint density at radius 2 is 0.740 bits per heavy atom. The molecule has 1 aliphatic carbocycles. The number of hydrogen-bond donors (Lipinski definition) is 0. The summed E-state index contributed by atoms with van der Waals surface area (Å²) in [6.07, 6.45) is 5.81. The summed E-state index contributed by atoms with van der Waals surface area (Å²) in [5.41, 5.74) is 19.1. The SMILES string of the molecule is C1=CC(c2cccc3c2sc2c(-c4ccccc4)cccc23)Cc2c1n(-c1ccc(-c3c4ccccc4c(-c4ccccc4)c4ccccc34)cc1)c1ccc(-c3cccc4c3sc3c(-c5ccccc5)cccc34)cc21. The first-order chi connectivity index (χ1) is 38.2. The highest BCUT2D eigenvalue weighted by molar-refractivity contribution is 7.27. The Kier molecular flexibility index (Phi) is 10.2. The lowest BCUT2D eigenvalue weighted by Gasteiger charge is -2.20. The molecule has 1 aliphatic rings.